The van der Waals surface area contributed by atoms with Gasteiger partial charge in [0.15, 0.2) is 52.9 Å². The minimum absolute atomic E-state index is 0.0192. The smallest absolute Gasteiger partial charge is 0.327 e. The number of carboxylic acids is 1. The summed E-state index contributed by atoms with van der Waals surface area (Å²) in [6.07, 6.45) is 10.0. The van der Waals surface area contributed by atoms with Crippen molar-refractivity contribution >= 4 is 139 Å². The average Bonchev–Trinajstić information content (AvgIpc) is 1.59. The fourth-order valence-corrected chi connectivity index (χ4v) is 17.0. The summed E-state index contributed by atoms with van der Waals surface area (Å²) in [4.78, 5) is 168. The number of nitrogens with two attached hydrogens (primary N) is 5. The normalized spacial score (nSPS) is 16.5. The van der Waals surface area contributed by atoms with E-state index in [2.05, 4.69) is 115 Å². The second kappa shape index (κ2) is 50.4. The van der Waals surface area contributed by atoms with E-state index in [0.717, 1.165) is 40.3 Å². The SMILES string of the molecule is CC[N+]1=C(/C=C/C=C/C=C2/N(CCCCCC(=O)NCCN3C(=O)CC(SC[C@@H](NC(=O)[C@@H](CCCNC(=N)N)CC(=O)[C@@H](CCCNC(=N)N)NC(=O)[C@@H](CCCNC(=N)N)CC(=O)[C@@H](CCCNC(=N)N)NC(=O)[C@@H](CCCNC(=N)N)CC(=O)CNC(=O)[C@H](C)CC(C)=O)C(=O)O)C3=O)c3ccc(S(=O)(=O)O)cc3C2(C)C)C(C)(C)c2cc(C)ccc21. The van der Waals surface area contributed by atoms with Crippen LogP contribution < -0.4 is 86.7 Å². The van der Waals surface area contributed by atoms with Crippen LogP contribution in [0.1, 0.15) is 187 Å². The Bertz CT molecular complexity index is 4530. The van der Waals surface area contributed by atoms with E-state index < -0.39 is 171 Å². The molecule has 125 heavy (non-hydrogen) atoms. The van der Waals surface area contributed by atoms with E-state index in [0.29, 0.717) is 31.4 Å². The number of imide groups is 1. The molecule has 688 valence electrons. The quantitative estimate of drug-likeness (QED) is 0.00859. The van der Waals surface area contributed by atoms with Gasteiger partial charge in [-0.2, -0.15) is 13.0 Å². The van der Waals surface area contributed by atoms with Crippen molar-refractivity contribution < 1.29 is 80.2 Å². The Morgan fingerprint density at radius 2 is 1.09 bits per heavy atom. The number of nitrogens with zero attached hydrogens (tertiary/aromatic N) is 3. The molecule has 39 nitrogen and oxygen atoms in total. The third kappa shape index (κ3) is 33.8. The van der Waals surface area contributed by atoms with Crippen LogP contribution in [-0.2, 0) is 78.5 Å². The van der Waals surface area contributed by atoms with Crippen molar-refractivity contribution in [3.8, 4) is 0 Å². The van der Waals surface area contributed by atoms with Gasteiger partial charge in [-0.15, -0.1) is 11.8 Å². The van der Waals surface area contributed by atoms with Crippen molar-refractivity contribution in [3.05, 3.63) is 89.2 Å². The Balaban J connectivity index is 1.25. The molecule has 0 radical (unpaired) electrons. The lowest BCUT2D eigenvalue weighted by atomic mass is 9.81. The van der Waals surface area contributed by atoms with Crippen molar-refractivity contribution in [3.63, 3.8) is 0 Å². The number of ketones is 4. The van der Waals surface area contributed by atoms with Gasteiger partial charge < -0.3 is 96.6 Å². The molecule has 0 aromatic heterocycles. The number of likely N-dealkylation sites (tertiary alicyclic amines) is 1. The number of rotatable bonds is 57. The fraction of sp³-hybridized carbons (Fsp3) is 0.571. The van der Waals surface area contributed by atoms with Crippen LogP contribution in [0.3, 0.4) is 0 Å². The molecule has 0 saturated carbocycles. The van der Waals surface area contributed by atoms with Crippen LogP contribution in [0.2, 0.25) is 0 Å². The number of guanidine groups is 5. The summed E-state index contributed by atoms with van der Waals surface area (Å²) < 4.78 is 37.0. The lowest BCUT2D eigenvalue weighted by Gasteiger charge is -2.27. The molecule has 3 heterocycles. The highest BCUT2D eigenvalue weighted by molar-refractivity contribution is 8.00. The maximum absolute atomic E-state index is 14.9. The van der Waals surface area contributed by atoms with E-state index in [1.54, 1.807) is 6.07 Å². The van der Waals surface area contributed by atoms with E-state index in [-0.39, 0.29) is 163 Å². The predicted molar refractivity (Wildman–Crippen MR) is 478 cm³/mol. The first-order valence-electron chi connectivity index (χ1n) is 42.2. The Morgan fingerprint density at radius 1 is 0.584 bits per heavy atom. The van der Waals surface area contributed by atoms with E-state index >= 15 is 0 Å². The Hall–Kier alpha value is -11.6. The number of carboxylic acid groups (broad SMARTS) is 1. The van der Waals surface area contributed by atoms with Gasteiger partial charge >= 0.3 is 5.97 Å². The van der Waals surface area contributed by atoms with Gasteiger partial charge in [-0.05, 0) is 148 Å². The van der Waals surface area contributed by atoms with Crippen molar-refractivity contribution in [1.82, 2.24) is 58.1 Å². The second-order valence-corrected chi connectivity index (χ2v) is 35.4. The summed E-state index contributed by atoms with van der Waals surface area (Å²) in [6, 6.07) is 6.59. The number of nitrogens with one attached hydrogen (secondary N) is 15. The number of hydrogen-bond acceptors (Lipinski definition) is 21. The van der Waals surface area contributed by atoms with Crippen molar-refractivity contribution in [1.29, 1.82) is 27.0 Å². The number of allylic oxidation sites excluding steroid dienone is 6. The molecule has 0 bridgehead atoms. The first-order chi connectivity index (χ1) is 58.9. The average molecular weight is 1780 g/mol. The third-order valence-corrected chi connectivity index (χ3v) is 24.1. The number of aliphatic carboxylic acids is 1. The van der Waals surface area contributed by atoms with Gasteiger partial charge in [0.25, 0.3) is 10.1 Å². The topological polar surface area (TPSA) is 659 Å². The van der Waals surface area contributed by atoms with Crippen LogP contribution in [-0.4, -0.2) is 228 Å². The van der Waals surface area contributed by atoms with Gasteiger partial charge in [-0.1, -0.05) is 57.0 Å². The molecular weight excluding hydrogens is 1650 g/mol. The molecule has 3 aliphatic rings. The molecule has 8 atom stereocenters. The number of carbonyl (C=O) groups excluding carboxylic acids is 11. The van der Waals surface area contributed by atoms with Crippen LogP contribution in [0.4, 0.5) is 11.4 Å². The number of aryl methyl sites for hydroxylation is 1. The molecule has 2 aromatic rings. The molecule has 1 unspecified atom stereocenters. The molecule has 0 spiro atoms. The molecule has 3 aliphatic heterocycles. The van der Waals surface area contributed by atoms with Crippen LogP contribution in [0.5, 0.6) is 0 Å². The largest absolute Gasteiger partial charge is 0.480 e. The highest BCUT2D eigenvalue weighted by Gasteiger charge is 2.45. The highest BCUT2D eigenvalue weighted by Crippen LogP contribution is 2.49. The molecule has 1 saturated heterocycles. The van der Waals surface area contributed by atoms with Gasteiger partial charge in [0.1, 0.15) is 18.4 Å². The molecule has 41 heteroatoms. The first kappa shape index (κ1) is 104. The van der Waals surface area contributed by atoms with Crippen molar-refractivity contribution in [2.75, 3.05) is 76.1 Å². The van der Waals surface area contributed by atoms with Crippen molar-refractivity contribution in [2.45, 2.75) is 216 Å². The molecule has 5 rings (SSSR count). The number of unbranched alkanes of at least 4 members (excludes halogenated alkanes) is 2. The van der Waals surface area contributed by atoms with Gasteiger partial charge in [0.05, 0.1) is 34.2 Å². The number of carbonyl (C=O) groups is 12. The van der Waals surface area contributed by atoms with E-state index in [1.165, 1.54) is 42.8 Å². The second-order valence-electron chi connectivity index (χ2n) is 32.7. The standard InChI is InChI=1S/C84H129N23O16S2/c1-9-105-63-31-29-50(2)41-58(63)83(5,6)68(105)26-12-10-13-27-69-84(7,8)59-46-57(125(121,122)123)30-32-64(59)106(69)39-15-11-14-28-70(112)95-38-40-107-71(113)47-67(76(107)118)124-49-62(77(119)120)104-75(117)55(23-18-35-98-80(89)90)45-66(111)61(25-20-37-100-82(93)94)103-74(116)54(22-17-34-97-79(87)88)44-65(110)60(24-19-36-99-81(91)92)102-73(115)53(21-16-33-96-78(85)86)43-56(109)48-101-72(114)51(3)42-52(4)108/h10,12-13,26-27,29-32,41,46,51,53-55,60-62,67H,9,11,14-25,28,33-40,42-45,47-49H2,1-8H3,(H26-,85,86,87,88,89,90,91,92,93,94,95,96,97,98,99,100,101,102,103,104,112,114,115,116,117,119,120,121,122,123)/p+1/t51-,53+,54+,55+,60-,61-,62-,67?/m1/s1. The van der Waals surface area contributed by atoms with Gasteiger partial charge in [0, 0.05) is 155 Å². The minimum Gasteiger partial charge on any atom is -0.480 e. The van der Waals surface area contributed by atoms with Crippen molar-refractivity contribution in [2.24, 2.45) is 52.3 Å². The van der Waals surface area contributed by atoms with Crippen LogP contribution in [0, 0.1) is 57.6 Å². The third-order valence-electron chi connectivity index (χ3n) is 22.0. The number of hydrogen-bond donors (Lipinski definition) is 22. The molecule has 2 aromatic carbocycles. The summed E-state index contributed by atoms with van der Waals surface area (Å²) in [5.41, 5.74) is 34.0. The molecule has 0 aliphatic carbocycles. The van der Waals surface area contributed by atoms with Crippen LogP contribution >= 0.6 is 11.8 Å². The Kier molecular flexibility index (Phi) is 41.9. The van der Waals surface area contributed by atoms with E-state index in [1.807, 2.05) is 38.2 Å². The summed E-state index contributed by atoms with van der Waals surface area (Å²) in [5, 5.41) is 74.2. The zero-order valence-electron chi connectivity index (χ0n) is 72.8. The maximum Gasteiger partial charge on any atom is 0.327 e. The first-order valence-corrected chi connectivity index (χ1v) is 44.7. The monoisotopic (exact) mass is 1780 g/mol. The van der Waals surface area contributed by atoms with Crippen LogP contribution in [0.25, 0.3) is 0 Å². The van der Waals surface area contributed by atoms with Crippen LogP contribution in [0.15, 0.2) is 77.4 Å². The predicted octanol–water partition coefficient (Wildman–Crippen LogP) is 2.28. The molecule has 7 amide bonds. The lowest BCUT2D eigenvalue weighted by Crippen LogP contribution is -2.49. The number of thioether (sulfide) groups is 1. The van der Waals surface area contributed by atoms with E-state index in [9.17, 15) is 75.6 Å². The zero-order chi connectivity index (χ0) is 93.1. The van der Waals surface area contributed by atoms with Gasteiger partial charge in [-0.3, -0.25) is 84.4 Å². The number of anilines is 1. The number of fused-ring (bicyclic) bond motifs is 2. The number of benzene rings is 2. The summed E-state index contributed by atoms with van der Waals surface area (Å²) >= 11 is 0.802. The number of Topliss-reactive ketones (excluding diaryl/α,β-unsaturated/α-hetero) is 4. The molecule has 27 N–H and O–H groups in total. The summed E-state index contributed by atoms with van der Waals surface area (Å²) in [5.74, 6) is -15.3. The zero-order valence-corrected chi connectivity index (χ0v) is 74.5. The lowest BCUT2D eigenvalue weighted by molar-refractivity contribution is -0.433. The Morgan fingerprint density at radius 3 is 1.58 bits per heavy atom. The van der Waals surface area contributed by atoms with Gasteiger partial charge in [0.2, 0.25) is 47.0 Å². The molecular formula is C84H130N23O16S2+. The maximum atomic E-state index is 14.9. The number of amides is 7. The summed E-state index contributed by atoms with van der Waals surface area (Å²) in [6.45, 7) is 16.2. The minimum atomic E-state index is -4.51. The van der Waals surface area contributed by atoms with E-state index in [4.69, 9.17) is 55.7 Å². The Labute approximate surface area is 734 Å². The fourth-order valence-electron chi connectivity index (χ4n) is 15.3. The van der Waals surface area contributed by atoms with Gasteiger partial charge in [-0.25, -0.2) is 4.79 Å². The summed E-state index contributed by atoms with van der Waals surface area (Å²) in [7, 11) is -4.51. The highest BCUT2D eigenvalue weighted by atomic mass is 32.2. The molecule has 1 fully saturated rings.